The molecule has 0 bridgehead atoms. The van der Waals surface area contributed by atoms with Crippen molar-refractivity contribution in [2.75, 3.05) is 0 Å². The molecule has 6 heteroatoms. The van der Waals surface area contributed by atoms with E-state index < -0.39 is 11.8 Å². The summed E-state index contributed by atoms with van der Waals surface area (Å²) >= 11 is 0. The molecule has 1 aliphatic heterocycles. The third-order valence-electron chi connectivity index (χ3n) is 2.98. The molecule has 0 aromatic carbocycles. The van der Waals surface area contributed by atoms with Crippen molar-refractivity contribution in [1.29, 1.82) is 0 Å². The molecular weight excluding hydrogens is 253 g/mol. The third kappa shape index (κ3) is 3.41. The summed E-state index contributed by atoms with van der Waals surface area (Å²) in [7, 11) is 0. The third-order valence-corrected chi connectivity index (χ3v) is 2.98. The molecule has 0 spiro atoms. The second-order valence-electron chi connectivity index (χ2n) is 4.78. The Balaban J connectivity index is 2.16. The number of carbonyl (C=O) groups is 1. The van der Waals surface area contributed by atoms with E-state index in [0.717, 1.165) is 12.3 Å². The molecule has 19 heavy (non-hydrogen) atoms. The van der Waals surface area contributed by atoms with Crippen LogP contribution in [0.5, 0.6) is 5.88 Å². The Morgan fingerprint density at radius 3 is 2.68 bits per heavy atom. The number of carboxylic acid groups (broad SMARTS) is 1. The first-order chi connectivity index (χ1) is 8.95. The van der Waals surface area contributed by atoms with Gasteiger partial charge < -0.3 is 14.6 Å². The minimum absolute atomic E-state index is 0.0415. The predicted molar refractivity (Wildman–Crippen MR) is 64.8 cm³/mol. The van der Waals surface area contributed by atoms with Gasteiger partial charge in [-0.05, 0) is 19.9 Å². The number of pyridine rings is 1. The highest BCUT2D eigenvalue weighted by atomic mass is 19.1. The summed E-state index contributed by atoms with van der Waals surface area (Å²) in [4.78, 5) is 14.8. The van der Waals surface area contributed by atoms with Crippen LogP contribution in [0.2, 0.25) is 0 Å². The quantitative estimate of drug-likeness (QED) is 0.911. The number of aromatic nitrogens is 1. The molecule has 2 heterocycles. The van der Waals surface area contributed by atoms with Crippen molar-refractivity contribution in [3.8, 4) is 5.88 Å². The highest BCUT2D eigenvalue weighted by Crippen LogP contribution is 2.25. The van der Waals surface area contributed by atoms with E-state index in [-0.39, 0.29) is 29.8 Å². The van der Waals surface area contributed by atoms with E-state index >= 15 is 0 Å². The predicted octanol–water partition coefficient (Wildman–Crippen LogP) is 2.25. The highest BCUT2D eigenvalue weighted by Gasteiger charge is 2.27. The number of rotatable bonds is 3. The first-order valence-electron chi connectivity index (χ1n) is 6.16. The zero-order valence-electron chi connectivity index (χ0n) is 10.8. The van der Waals surface area contributed by atoms with Gasteiger partial charge in [0.15, 0.2) is 0 Å². The molecule has 0 saturated carbocycles. The van der Waals surface area contributed by atoms with Gasteiger partial charge in [0.1, 0.15) is 17.5 Å². The van der Waals surface area contributed by atoms with Crippen molar-refractivity contribution in [1.82, 2.24) is 4.98 Å². The monoisotopic (exact) mass is 269 g/mol. The van der Waals surface area contributed by atoms with Crippen LogP contribution < -0.4 is 4.74 Å². The summed E-state index contributed by atoms with van der Waals surface area (Å²) < 4.78 is 24.2. The van der Waals surface area contributed by atoms with E-state index in [4.69, 9.17) is 14.6 Å². The maximum absolute atomic E-state index is 13.0. The smallest absolute Gasteiger partial charge is 0.341 e. The fourth-order valence-corrected chi connectivity index (χ4v) is 2.27. The highest BCUT2D eigenvalue weighted by molar-refractivity contribution is 5.90. The van der Waals surface area contributed by atoms with Crippen molar-refractivity contribution in [3.05, 3.63) is 23.6 Å². The Hall–Kier alpha value is -1.69. The summed E-state index contributed by atoms with van der Waals surface area (Å²) in [6.07, 6.45) is 2.18. The van der Waals surface area contributed by atoms with E-state index in [2.05, 4.69) is 4.98 Å². The van der Waals surface area contributed by atoms with Crippen molar-refractivity contribution in [2.24, 2.45) is 0 Å². The van der Waals surface area contributed by atoms with Crippen LogP contribution in [-0.4, -0.2) is 34.4 Å². The zero-order chi connectivity index (χ0) is 14.0. The first kappa shape index (κ1) is 13.7. The Morgan fingerprint density at radius 2 is 2.11 bits per heavy atom. The lowest BCUT2D eigenvalue weighted by atomic mass is 10.0. The van der Waals surface area contributed by atoms with Crippen molar-refractivity contribution in [3.63, 3.8) is 0 Å². The van der Waals surface area contributed by atoms with Gasteiger partial charge in [-0.25, -0.2) is 14.2 Å². The first-order valence-corrected chi connectivity index (χ1v) is 6.16. The second kappa shape index (κ2) is 5.52. The van der Waals surface area contributed by atoms with Gasteiger partial charge in [-0.2, -0.15) is 0 Å². The maximum atomic E-state index is 13.0. The summed E-state index contributed by atoms with van der Waals surface area (Å²) in [5, 5.41) is 9.01. The molecule has 104 valence electrons. The van der Waals surface area contributed by atoms with Crippen LogP contribution in [0.25, 0.3) is 0 Å². The minimum Gasteiger partial charge on any atom is -0.477 e. The molecule has 5 nitrogen and oxygen atoms in total. The normalized spacial score (nSPS) is 27.0. The molecule has 1 N–H and O–H groups in total. The number of halogens is 1. The van der Waals surface area contributed by atoms with Gasteiger partial charge >= 0.3 is 5.97 Å². The number of hydrogen-bond acceptors (Lipinski definition) is 4. The lowest BCUT2D eigenvalue weighted by Crippen LogP contribution is -2.36. The van der Waals surface area contributed by atoms with Crippen LogP contribution in [0.15, 0.2) is 12.3 Å². The SMILES string of the molecule is CC1CC(Oc2ncc(F)cc2C(=O)O)CC(C)O1. The summed E-state index contributed by atoms with van der Waals surface area (Å²) in [5.41, 5.74) is -0.258. The molecule has 2 rings (SSSR count). The van der Waals surface area contributed by atoms with Crippen LogP contribution in [0.3, 0.4) is 0 Å². The van der Waals surface area contributed by atoms with Crippen LogP contribution in [0, 0.1) is 5.82 Å². The fourth-order valence-electron chi connectivity index (χ4n) is 2.27. The van der Waals surface area contributed by atoms with Gasteiger partial charge in [-0.3, -0.25) is 0 Å². The van der Waals surface area contributed by atoms with Crippen LogP contribution in [-0.2, 0) is 4.74 Å². The zero-order valence-corrected chi connectivity index (χ0v) is 10.8. The van der Waals surface area contributed by atoms with E-state index in [1.54, 1.807) is 0 Å². The minimum atomic E-state index is -1.25. The number of hydrogen-bond donors (Lipinski definition) is 1. The van der Waals surface area contributed by atoms with Gasteiger partial charge in [-0.15, -0.1) is 0 Å². The van der Waals surface area contributed by atoms with E-state index in [0.29, 0.717) is 12.8 Å². The summed E-state index contributed by atoms with van der Waals surface area (Å²) in [5.74, 6) is -1.99. The average Bonchev–Trinajstić information content (AvgIpc) is 2.30. The molecule has 1 aliphatic rings. The molecule has 2 atom stereocenters. The molecule has 0 amide bonds. The van der Waals surface area contributed by atoms with Gasteiger partial charge in [0.2, 0.25) is 5.88 Å². The van der Waals surface area contributed by atoms with Crippen molar-refractivity contribution in [2.45, 2.75) is 45.0 Å². The number of nitrogens with zero attached hydrogens (tertiary/aromatic N) is 1. The molecule has 1 fully saturated rings. The van der Waals surface area contributed by atoms with Gasteiger partial charge in [-0.1, -0.05) is 0 Å². The van der Waals surface area contributed by atoms with Crippen LogP contribution in [0.1, 0.15) is 37.0 Å². The van der Waals surface area contributed by atoms with E-state index in [1.807, 2.05) is 13.8 Å². The Morgan fingerprint density at radius 1 is 1.47 bits per heavy atom. The molecule has 0 radical (unpaired) electrons. The largest absolute Gasteiger partial charge is 0.477 e. The molecule has 1 saturated heterocycles. The number of carboxylic acids is 1. The summed E-state index contributed by atoms with van der Waals surface area (Å²) in [6, 6.07) is 0.914. The second-order valence-corrected chi connectivity index (χ2v) is 4.78. The van der Waals surface area contributed by atoms with E-state index in [1.165, 1.54) is 0 Å². The van der Waals surface area contributed by atoms with Crippen molar-refractivity contribution < 1.29 is 23.8 Å². The number of aromatic carboxylic acids is 1. The van der Waals surface area contributed by atoms with E-state index in [9.17, 15) is 9.18 Å². The molecule has 2 unspecified atom stereocenters. The molecular formula is C13H16FNO4. The Bertz CT molecular complexity index is 470. The lowest BCUT2D eigenvalue weighted by molar-refractivity contribution is -0.0731. The van der Waals surface area contributed by atoms with Gasteiger partial charge in [0, 0.05) is 12.8 Å². The Labute approximate surface area is 110 Å². The van der Waals surface area contributed by atoms with Gasteiger partial charge in [0.25, 0.3) is 0 Å². The molecule has 0 aliphatic carbocycles. The summed E-state index contributed by atoms with van der Waals surface area (Å²) in [6.45, 7) is 3.87. The van der Waals surface area contributed by atoms with Crippen LogP contribution >= 0.6 is 0 Å². The van der Waals surface area contributed by atoms with Crippen molar-refractivity contribution >= 4 is 5.97 Å². The standard InChI is InChI=1S/C13H16FNO4/c1-7-3-10(4-8(2)18-7)19-12-11(13(16)17)5-9(14)6-15-12/h5-8,10H,3-4H2,1-2H3,(H,16,17). The molecule has 1 aromatic rings. The van der Waals surface area contributed by atoms with Gasteiger partial charge in [0.05, 0.1) is 18.4 Å². The number of ether oxygens (including phenoxy) is 2. The Kier molecular flexibility index (Phi) is 3.99. The molecule has 1 aromatic heterocycles. The fraction of sp³-hybridized carbons (Fsp3) is 0.538. The topological polar surface area (TPSA) is 68.7 Å². The van der Waals surface area contributed by atoms with Crippen LogP contribution in [0.4, 0.5) is 4.39 Å². The lowest BCUT2D eigenvalue weighted by Gasteiger charge is -2.32. The average molecular weight is 269 g/mol. The maximum Gasteiger partial charge on any atom is 0.341 e.